The maximum absolute atomic E-state index is 11.9. The minimum absolute atomic E-state index is 0.0612. The van der Waals surface area contributed by atoms with Gasteiger partial charge in [0.25, 0.3) is 11.5 Å². The third kappa shape index (κ3) is 2.80. The second-order valence-electron chi connectivity index (χ2n) is 3.81. The first-order valence-electron chi connectivity index (χ1n) is 5.44. The van der Waals surface area contributed by atoms with Gasteiger partial charge in [0, 0.05) is 6.07 Å². The molecule has 8 heteroatoms. The first-order valence-corrected chi connectivity index (χ1v) is 5.44. The molecule has 0 radical (unpaired) electrons. The first-order chi connectivity index (χ1) is 9.47. The summed E-state index contributed by atoms with van der Waals surface area (Å²) in [6.07, 6.45) is 0. The molecular weight excluding hydrogens is 266 g/mol. The highest BCUT2D eigenvalue weighted by atomic mass is 16.4. The van der Waals surface area contributed by atoms with Crippen LogP contribution in [-0.2, 0) is 0 Å². The molecule has 0 aliphatic heterocycles. The van der Waals surface area contributed by atoms with Crippen molar-refractivity contribution in [3.63, 3.8) is 0 Å². The van der Waals surface area contributed by atoms with Gasteiger partial charge < -0.3 is 15.4 Å². The van der Waals surface area contributed by atoms with Crippen molar-refractivity contribution in [1.82, 2.24) is 9.97 Å². The number of nitrogens with one attached hydrogen (secondary N) is 3. The molecule has 1 aromatic heterocycles. The normalized spacial score (nSPS) is 10.0. The van der Waals surface area contributed by atoms with E-state index in [1.54, 1.807) is 6.07 Å². The minimum atomic E-state index is -1.21. The summed E-state index contributed by atoms with van der Waals surface area (Å²) in [5.41, 5.74) is -1.86. The molecule has 1 heterocycles. The molecule has 0 atom stereocenters. The van der Waals surface area contributed by atoms with Crippen LogP contribution in [0.15, 0.2) is 39.9 Å². The molecule has 1 amide bonds. The van der Waals surface area contributed by atoms with Crippen molar-refractivity contribution in [3.05, 3.63) is 62.4 Å². The fourth-order valence-electron chi connectivity index (χ4n) is 1.56. The van der Waals surface area contributed by atoms with Crippen molar-refractivity contribution in [3.8, 4) is 0 Å². The van der Waals surface area contributed by atoms with Crippen LogP contribution in [0.2, 0.25) is 0 Å². The summed E-state index contributed by atoms with van der Waals surface area (Å²) in [6.45, 7) is 0. The Kier molecular flexibility index (Phi) is 3.47. The molecule has 0 spiro atoms. The zero-order chi connectivity index (χ0) is 14.7. The number of para-hydroxylation sites is 1. The summed E-state index contributed by atoms with van der Waals surface area (Å²) in [4.78, 5) is 49.1. The smallest absolute Gasteiger partial charge is 0.337 e. The number of aromatic carboxylic acids is 1. The summed E-state index contributed by atoms with van der Waals surface area (Å²) < 4.78 is 0. The van der Waals surface area contributed by atoms with Crippen LogP contribution in [0.4, 0.5) is 5.69 Å². The molecule has 2 rings (SSSR count). The number of hydrogen-bond acceptors (Lipinski definition) is 4. The maximum atomic E-state index is 11.9. The number of carbonyl (C=O) groups is 2. The largest absolute Gasteiger partial charge is 0.478 e. The van der Waals surface area contributed by atoms with Gasteiger partial charge in [-0.15, -0.1) is 0 Å². The second kappa shape index (κ2) is 5.22. The number of hydrogen-bond donors (Lipinski definition) is 4. The van der Waals surface area contributed by atoms with Crippen molar-refractivity contribution < 1.29 is 14.7 Å². The quantitative estimate of drug-likeness (QED) is 0.626. The molecule has 0 unspecified atom stereocenters. The topological polar surface area (TPSA) is 132 Å². The second-order valence-corrected chi connectivity index (χ2v) is 3.81. The standard InChI is InChI=1S/C12H9N3O5/c16-9-5-8(14-12(20)15-9)10(17)13-7-4-2-1-3-6(7)11(18)19/h1-5H,(H,13,17)(H,18,19)(H2,14,15,16,20). The number of amides is 1. The monoisotopic (exact) mass is 275 g/mol. The third-order valence-corrected chi connectivity index (χ3v) is 2.41. The Morgan fingerprint density at radius 1 is 1.10 bits per heavy atom. The van der Waals surface area contributed by atoms with Crippen LogP contribution in [0.3, 0.4) is 0 Å². The van der Waals surface area contributed by atoms with E-state index < -0.39 is 23.1 Å². The van der Waals surface area contributed by atoms with Gasteiger partial charge in [-0.25, -0.2) is 9.59 Å². The SMILES string of the molecule is O=C(Nc1ccccc1C(=O)O)c1cc(=O)[nH]c(=O)[nH]1. The van der Waals surface area contributed by atoms with Crippen molar-refractivity contribution in [2.45, 2.75) is 0 Å². The van der Waals surface area contributed by atoms with Crippen molar-refractivity contribution in [2.24, 2.45) is 0 Å². The number of benzene rings is 1. The van der Waals surface area contributed by atoms with Gasteiger partial charge >= 0.3 is 11.7 Å². The van der Waals surface area contributed by atoms with Gasteiger partial charge in [0.1, 0.15) is 5.69 Å². The third-order valence-electron chi connectivity index (χ3n) is 2.41. The van der Waals surface area contributed by atoms with Crippen LogP contribution in [0.25, 0.3) is 0 Å². The lowest BCUT2D eigenvalue weighted by Gasteiger charge is -2.07. The highest BCUT2D eigenvalue weighted by molar-refractivity contribution is 6.06. The summed E-state index contributed by atoms with van der Waals surface area (Å²) in [6, 6.07) is 6.67. The van der Waals surface area contributed by atoms with Gasteiger partial charge in [-0.3, -0.25) is 14.6 Å². The van der Waals surface area contributed by atoms with Crippen LogP contribution in [0.1, 0.15) is 20.8 Å². The number of rotatable bonds is 3. The first kappa shape index (κ1) is 13.3. The van der Waals surface area contributed by atoms with Crippen LogP contribution < -0.4 is 16.6 Å². The van der Waals surface area contributed by atoms with E-state index in [1.807, 2.05) is 4.98 Å². The highest BCUT2D eigenvalue weighted by Crippen LogP contribution is 2.15. The van der Waals surface area contributed by atoms with Crippen LogP contribution in [0.5, 0.6) is 0 Å². The van der Waals surface area contributed by atoms with E-state index >= 15 is 0 Å². The molecule has 2 aromatic rings. The number of aromatic nitrogens is 2. The molecular formula is C12H9N3O5. The Morgan fingerprint density at radius 3 is 2.45 bits per heavy atom. The molecule has 102 valence electrons. The zero-order valence-corrected chi connectivity index (χ0v) is 9.97. The molecule has 4 N–H and O–H groups in total. The number of carbonyl (C=O) groups excluding carboxylic acids is 1. The van der Waals surface area contributed by atoms with Gasteiger partial charge in [0.2, 0.25) is 0 Å². The molecule has 0 fully saturated rings. The van der Waals surface area contributed by atoms with Gasteiger partial charge in [0.05, 0.1) is 11.3 Å². The summed E-state index contributed by atoms with van der Waals surface area (Å²) >= 11 is 0. The molecule has 1 aromatic carbocycles. The fraction of sp³-hybridized carbons (Fsp3) is 0. The Labute approximate surface area is 111 Å². The average molecular weight is 275 g/mol. The predicted molar refractivity (Wildman–Crippen MR) is 69.0 cm³/mol. The summed E-state index contributed by atoms with van der Waals surface area (Å²) in [7, 11) is 0. The number of H-pyrrole nitrogens is 2. The van der Waals surface area contributed by atoms with E-state index in [0.29, 0.717) is 0 Å². The molecule has 0 saturated heterocycles. The Morgan fingerprint density at radius 2 is 1.80 bits per heavy atom. The predicted octanol–water partition coefficient (Wildman–Crippen LogP) is 0.0137. The Hall–Kier alpha value is -3.16. The van der Waals surface area contributed by atoms with E-state index in [9.17, 15) is 19.2 Å². The van der Waals surface area contributed by atoms with Crippen molar-refractivity contribution in [1.29, 1.82) is 0 Å². The molecule has 0 bridgehead atoms. The van der Waals surface area contributed by atoms with E-state index in [0.717, 1.165) is 6.07 Å². The highest BCUT2D eigenvalue weighted by Gasteiger charge is 2.13. The summed E-state index contributed by atoms with van der Waals surface area (Å²) in [5, 5.41) is 11.3. The Balaban J connectivity index is 2.35. The van der Waals surface area contributed by atoms with Gasteiger partial charge in [-0.1, -0.05) is 12.1 Å². The van der Waals surface area contributed by atoms with E-state index in [2.05, 4.69) is 10.3 Å². The van der Waals surface area contributed by atoms with Gasteiger partial charge in [-0.2, -0.15) is 0 Å². The number of carboxylic acid groups (broad SMARTS) is 1. The van der Waals surface area contributed by atoms with E-state index in [1.165, 1.54) is 18.2 Å². The lowest BCUT2D eigenvalue weighted by Crippen LogP contribution is -2.27. The molecule has 0 aliphatic carbocycles. The van der Waals surface area contributed by atoms with E-state index in [-0.39, 0.29) is 16.9 Å². The van der Waals surface area contributed by atoms with Crippen molar-refractivity contribution >= 4 is 17.6 Å². The molecule has 0 saturated carbocycles. The number of carboxylic acids is 1. The van der Waals surface area contributed by atoms with Crippen LogP contribution >= 0.6 is 0 Å². The lowest BCUT2D eigenvalue weighted by molar-refractivity contribution is 0.0698. The van der Waals surface area contributed by atoms with Crippen LogP contribution in [0, 0.1) is 0 Å². The Bertz CT molecular complexity index is 762. The molecule has 8 nitrogen and oxygen atoms in total. The van der Waals surface area contributed by atoms with Gasteiger partial charge in [0.15, 0.2) is 0 Å². The van der Waals surface area contributed by atoms with E-state index in [4.69, 9.17) is 5.11 Å². The number of aromatic amines is 2. The minimum Gasteiger partial charge on any atom is -0.478 e. The maximum Gasteiger partial charge on any atom is 0.337 e. The van der Waals surface area contributed by atoms with Gasteiger partial charge in [-0.05, 0) is 12.1 Å². The average Bonchev–Trinajstić information content (AvgIpc) is 2.37. The van der Waals surface area contributed by atoms with Crippen LogP contribution in [-0.4, -0.2) is 27.0 Å². The lowest BCUT2D eigenvalue weighted by atomic mass is 10.2. The van der Waals surface area contributed by atoms with Crippen molar-refractivity contribution in [2.75, 3.05) is 5.32 Å². The fourth-order valence-corrected chi connectivity index (χ4v) is 1.56. The summed E-state index contributed by atoms with van der Waals surface area (Å²) in [5.74, 6) is -2.00. The number of anilines is 1. The molecule has 0 aliphatic rings. The molecule has 20 heavy (non-hydrogen) atoms. The zero-order valence-electron chi connectivity index (χ0n) is 9.97.